The Labute approximate surface area is 135 Å². The topological polar surface area (TPSA) is 56.1 Å². The maximum Gasteiger partial charge on any atom is 0.232 e. The van der Waals surface area contributed by atoms with Crippen LogP contribution in [0.1, 0.15) is 18.7 Å². The van der Waals surface area contributed by atoms with Crippen LogP contribution in [0.3, 0.4) is 0 Å². The van der Waals surface area contributed by atoms with Gasteiger partial charge in [-0.15, -0.1) is 0 Å². The van der Waals surface area contributed by atoms with E-state index in [2.05, 4.69) is 20.0 Å². The summed E-state index contributed by atoms with van der Waals surface area (Å²) >= 11 is 6.07. The fraction of sp³-hybridized carbons (Fsp3) is 0.533. The van der Waals surface area contributed by atoms with Gasteiger partial charge in [0, 0.05) is 25.7 Å². The number of hydrogen-bond acceptors (Lipinski definition) is 5. The van der Waals surface area contributed by atoms with Gasteiger partial charge in [-0.1, -0.05) is 11.6 Å². The molecule has 22 heavy (non-hydrogen) atoms. The van der Waals surface area contributed by atoms with Crippen molar-refractivity contribution in [3.63, 3.8) is 0 Å². The van der Waals surface area contributed by atoms with Gasteiger partial charge in [-0.2, -0.15) is 5.10 Å². The van der Waals surface area contributed by atoms with Crippen LogP contribution in [0.25, 0.3) is 0 Å². The van der Waals surface area contributed by atoms with Crippen LogP contribution in [0.4, 0.5) is 0 Å². The maximum absolute atomic E-state index is 6.07. The Balaban J connectivity index is 1.52. The summed E-state index contributed by atoms with van der Waals surface area (Å²) in [6.07, 6.45) is 5.63. The summed E-state index contributed by atoms with van der Waals surface area (Å²) in [5.41, 5.74) is 0. The van der Waals surface area contributed by atoms with Crippen molar-refractivity contribution in [2.75, 3.05) is 19.7 Å². The van der Waals surface area contributed by atoms with Gasteiger partial charge < -0.3 is 4.74 Å². The predicted molar refractivity (Wildman–Crippen MR) is 83.7 cm³/mol. The average Bonchev–Trinajstić information content (AvgIpc) is 2.92. The van der Waals surface area contributed by atoms with Crippen LogP contribution in [-0.2, 0) is 13.6 Å². The van der Waals surface area contributed by atoms with Gasteiger partial charge in [-0.05, 0) is 31.5 Å². The van der Waals surface area contributed by atoms with Gasteiger partial charge in [0.25, 0.3) is 0 Å². The molecule has 0 bridgehead atoms. The zero-order chi connectivity index (χ0) is 15.4. The summed E-state index contributed by atoms with van der Waals surface area (Å²) in [6, 6.07) is 3.60. The molecule has 0 saturated carbocycles. The van der Waals surface area contributed by atoms with Crippen LogP contribution in [0.5, 0.6) is 5.88 Å². The summed E-state index contributed by atoms with van der Waals surface area (Å²) in [4.78, 5) is 10.9. The van der Waals surface area contributed by atoms with E-state index in [1.807, 2.05) is 11.7 Å². The van der Waals surface area contributed by atoms with E-state index in [1.165, 1.54) is 12.8 Å². The molecule has 0 amide bonds. The van der Waals surface area contributed by atoms with E-state index in [9.17, 15) is 0 Å². The highest BCUT2D eigenvalue weighted by atomic mass is 35.5. The van der Waals surface area contributed by atoms with Crippen LogP contribution in [0, 0.1) is 5.92 Å². The van der Waals surface area contributed by atoms with Crippen molar-refractivity contribution < 1.29 is 4.74 Å². The summed E-state index contributed by atoms with van der Waals surface area (Å²) in [5.74, 6) is 2.00. The van der Waals surface area contributed by atoms with E-state index >= 15 is 0 Å². The van der Waals surface area contributed by atoms with Crippen LogP contribution in [0.2, 0.25) is 5.02 Å². The molecule has 0 radical (unpaired) electrons. The minimum absolute atomic E-state index is 0.486. The number of aromatic nitrogens is 4. The molecule has 3 heterocycles. The largest absolute Gasteiger partial charge is 0.476 e. The minimum atomic E-state index is 0.486. The summed E-state index contributed by atoms with van der Waals surface area (Å²) in [5, 5.41) is 4.68. The monoisotopic (exact) mass is 321 g/mol. The molecule has 1 unspecified atom stereocenters. The van der Waals surface area contributed by atoms with E-state index in [4.69, 9.17) is 16.3 Å². The van der Waals surface area contributed by atoms with Gasteiger partial charge in [0.15, 0.2) is 0 Å². The lowest BCUT2D eigenvalue weighted by Gasteiger charge is -2.32. The van der Waals surface area contributed by atoms with Gasteiger partial charge in [0.1, 0.15) is 17.2 Å². The fourth-order valence-corrected chi connectivity index (χ4v) is 2.94. The molecule has 1 aliphatic rings. The molecule has 0 spiro atoms. The van der Waals surface area contributed by atoms with Gasteiger partial charge in [-0.25, -0.2) is 9.97 Å². The molecule has 118 valence electrons. The normalized spacial score (nSPS) is 19.3. The van der Waals surface area contributed by atoms with Gasteiger partial charge in [0.2, 0.25) is 5.88 Å². The van der Waals surface area contributed by atoms with Crippen molar-refractivity contribution in [3.8, 4) is 5.88 Å². The molecule has 7 heteroatoms. The Morgan fingerprint density at radius 1 is 1.41 bits per heavy atom. The van der Waals surface area contributed by atoms with Gasteiger partial charge in [-0.3, -0.25) is 9.58 Å². The molecular formula is C15H20ClN5O. The Kier molecular flexibility index (Phi) is 4.90. The van der Waals surface area contributed by atoms with Gasteiger partial charge >= 0.3 is 0 Å². The van der Waals surface area contributed by atoms with E-state index in [1.54, 1.807) is 24.7 Å². The molecule has 1 atom stereocenters. The second kappa shape index (κ2) is 7.07. The average molecular weight is 322 g/mol. The van der Waals surface area contributed by atoms with Crippen LogP contribution < -0.4 is 4.74 Å². The fourth-order valence-electron chi connectivity index (χ4n) is 2.77. The third-order valence-corrected chi connectivity index (χ3v) is 4.24. The van der Waals surface area contributed by atoms with Crippen molar-refractivity contribution >= 4 is 11.6 Å². The molecule has 1 fully saturated rings. The number of rotatable bonds is 5. The SMILES string of the molecule is Cn1ncnc1CN1CCCC(COc2ncccc2Cl)C1. The Morgan fingerprint density at radius 2 is 2.32 bits per heavy atom. The maximum atomic E-state index is 6.07. The number of likely N-dealkylation sites (tertiary alicyclic amines) is 1. The molecule has 2 aromatic heterocycles. The number of aryl methyl sites for hydroxylation is 1. The number of ether oxygens (including phenoxy) is 1. The van der Waals surface area contributed by atoms with Crippen molar-refractivity contribution in [1.82, 2.24) is 24.6 Å². The molecule has 0 aromatic carbocycles. The smallest absolute Gasteiger partial charge is 0.232 e. The highest BCUT2D eigenvalue weighted by Crippen LogP contribution is 2.23. The lowest BCUT2D eigenvalue weighted by molar-refractivity contribution is 0.120. The van der Waals surface area contributed by atoms with E-state index in [-0.39, 0.29) is 0 Å². The summed E-state index contributed by atoms with van der Waals surface area (Å²) in [7, 11) is 1.93. The van der Waals surface area contributed by atoms with Gasteiger partial charge in [0.05, 0.1) is 13.2 Å². The standard InChI is InChI=1S/C15H20ClN5O/c1-20-14(18-11-19-20)9-21-7-3-4-12(8-21)10-22-15-13(16)5-2-6-17-15/h2,5-6,11-12H,3-4,7-10H2,1H3. The molecular weight excluding hydrogens is 302 g/mol. The molecule has 3 rings (SSSR count). The lowest BCUT2D eigenvalue weighted by atomic mass is 9.99. The summed E-state index contributed by atoms with van der Waals surface area (Å²) < 4.78 is 7.61. The van der Waals surface area contributed by atoms with E-state index in [0.717, 1.165) is 25.5 Å². The van der Waals surface area contributed by atoms with Crippen LogP contribution >= 0.6 is 11.6 Å². The zero-order valence-corrected chi connectivity index (χ0v) is 13.4. The van der Waals surface area contributed by atoms with Crippen molar-refractivity contribution in [2.45, 2.75) is 19.4 Å². The minimum Gasteiger partial charge on any atom is -0.476 e. The van der Waals surface area contributed by atoms with E-state index < -0.39 is 0 Å². The Hall–Kier alpha value is -1.66. The summed E-state index contributed by atoms with van der Waals surface area (Å²) in [6.45, 7) is 3.56. The molecule has 1 saturated heterocycles. The zero-order valence-electron chi connectivity index (χ0n) is 12.7. The molecule has 6 nitrogen and oxygen atoms in total. The third-order valence-electron chi connectivity index (χ3n) is 3.95. The molecule has 1 aliphatic heterocycles. The number of halogens is 1. The Bertz CT molecular complexity index is 617. The van der Waals surface area contributed by atoms with Crippen molar-refractivity contribution in [3.05, 3.63) is 35.5 Å². The second-order valence-electron chi connectivity index (χ2n) is 5.64. The van der Waals surface area contributed by atoms with Crippen LogP contribution in [-0.4, -0.2) is 44.3 Å². The lowest BCUT2D eigenvalue weighted by Crippen LogP contribution is -2.37. The number of hydrogen-bond donors (Lipinski definition) is 0. The van der Waals surface area contributed by atoms with Crippen molar-refractivity contribution in [1.29, 1.82) is 0 Å². The van der Waals surface area contributed by atoms with Crippen molar-refractivity contribution in [2.24, 2.45) is 13.0 Å². The first-order chi connectivity index (χ1) is 10.7. The predicted octanol–water partition coefficient (Wildman–Crippen LogP) is 2.15. The highest BCUT2D eigenvalue weighted by Gasteiger charge is 2.22. The number of nitrogens with zero attached hydrogens (tertiary/aromatic N) is 5. The second-order valence-corrected chi connectivity index (χ2v) is 6.05. The van der Waals surface area contributed by atoms with E-state index in [0.29, 0.717) is 23.4 Å². The Morgan fingerprint density at radius 3 is 3.09 bits per heavy atom. The third kappa shape index (κ3) is 3.75. The first kappa shape index (κ1) is 15.2. The first-order valence-electron chi connectivity index (χ1n) is 7.51. The first-order valence-corrected chi connectivity index (χ1v) is 7.88. The number of pyridine rings is 1. The molecule has 0 N–H and O–H groups in total. The number of piperidine rings is 1. The van der Waals surface area contributed by atoms with Crippen LogP contribution in [0.15, 0.2) is 24.7 Å². The molecule has 0 aliphatic carbocycles. The highest BCUT2D eigenvalue weighted by molar-refractivity contribution is 6.31. The quantitative estimate of drug-likeness (QED) is 0.844. The molecule has 2 aromatic rings.